The van der Waals surface area contributed by atoms with E-state index in [1.54, 1.807) is 13.0 Å². The third kappa shape index (κ3) is 1.96. The number of nitrogens with zero attached hydrogens (tertiary/aromatic N) is 1. The lowest BCUT2D eigenvalue weighted by atomic mass is 10.1. The van der Waals surface area contributed by atoms with E-state index < -0.39 is 0 Å². The predicted molar refractivity (Wildman–Crippen MR) is 58.4 cm³/mol. The highest BCUT2D eigenvalue weighted by Gasteiger charge is 2.21. The third-order valence-electron chi connectivity index (χ3n) is 2.26. The molecule has 1 aliphatic heterocycles. The van der Waals surface area contributed by atoms with Gasteiger partial charge in [-0.25, -0.2) is 4.79 Å². The molecule has 0 atom stereocenters. The Bertz CT molecular complexity index is 455. The van der Waals surface area contributed by atoms with Crippen molar-refractivity contribution in [2.45, 2.75) is 13.8 Å². The molecular weight excluding hydrogens is 190 g/mol. The van der Waals surface area contributed by atoms with Crippen LogP contribution in [0.15, 0.2) is 35.0 Å². The summed E-state index contributed by atoms with van der Waals surface area (Å²) in [6.45, 7) is 3.78. The van der Waals surface area contributed by atoms with E-state index in [9.17, 15) is 4.79 Å². The van der Waals surface area contributed by atoms with Crippen molar-refractivity contribution in [2.24, 2.45) is 5.16 Å². The SMILES string of the molecule is CC1=NOC(=O)/C1=C/c1ccc(C)cc1. The number of rotatable bonds is 1. The Balaban J connectivity index is 2.34. The van der Waals surface area contributed by atoms with E-state index in [1.807, 2.05) is 31.2 Å². The summed E-state index contributed by atoms with van der Waals surface area (Å²) < 4.78 is 0. The van der Waals surface area contributed by atoms with Gasteiger partial charge in [-0.05, 0) is 25.5 Å². The lowest BCUT2D eigenvalue weighted by molar-refractivity contribution is -0.136. The minimum Gasteiger partial charge on any atom is -0.312 e. The minimum atomic E-state index is -0.381. The highest BCUT2D eigenvalue weighted by molar-refractivity contribution is 6.24. The number of carbonyl (C=O) groups is 1. The molecule has 3 nitrogen and oxygen atoms in total. The van der Waals surface area contributed by atoms with Crippen molar-refractivity contribution in [3.63, 3.8) is 0 Å². The van der Waals surface area contributed by atoms with Crippen LogP contribution < -0.4 is 0 Å². The molecule has 0 bridgehead atoms. The van der Waals surface area contributed by atoms with Gasteiger partial charge in [0.1, 0.15) is 0 Å². The van der Waals surface area contributed by atoms with Crippen LogP contribution in [0, 0.1) is 6.92 Å². The highest BCUT2D eigenvalue weighted by Crippen LogP contribution is 2.15. The van der Waals surface area contributed by atoms with E-state index in [2.05, 4.69) is 9.99 Å². The molecule has 0 unspecified atom stereocenters. The fraction of sp³-hybridized carbons (Fsp3) is 0.167. The van der Waals surface area contributed by atoms with Crippen LogP contribution in [0.5, 0.6) is 0 Å². The molecule has 1 heterocycles. The summed E-state index contributed by atoms with van der Waals surface area (Å²) in [5.74, 6) is -0.381. The van der Waals surface area contributed by atoms with E-state index >= 15 is 0 Å². The second-order valence-electron chi connectivity index (χ2n) is 3.52. The fourth-order valence-corrected chi connectivity index (χ4v) is 1.35. The van der Waals surface area contributed by atoms with Crippen LogP contribution in [0.25, 0.3) is 6.08 Å². The first kappa shape index (κ1) is 9.65. The maximum absolute atomic E-state index is 11.3. The van der Waals surface area contributed by atoms with Crippen molar-refractivity contribution in [1.82, 2.24) is 0 Å². The van der Waals surface area contributed by atoms with Gasteiger partial charge in [0.25, 0.3) is 0 Å². The molecule has 0 saturated carbocycles. The molecule has 0 N–H and O–H groups in total. The molecule has 76 valence electrons. The van der Waals surface area contributed by atoms with Crippen LogP contribution in [-0.2, 0) is 9.63 Å². The van der Waals surface area contributed by atoms with Gasteiger partial charge in [0.15, 0.2) is 0 Å². The summed E-state index contributed by atoms with van der Waals surface area (Å²) in [6.07, 6.45) is 1.79. The van der Waals surface area contributed by atoms with E-state index in [0.29, 0.717) is 11.3 Å². The normalized spacial score (nSPS) is 17.9. The van der Waals surface area contributed by atoms with Crippen LogP contribution in [0.4, 0.5) is 0 Å². The molecular formula is C12H11NO2. The van der Waals surface area contributed by atoms with E-state index in [-0.39, 0.29) is 5.97 Å². The van der Waals surface area contributed by atoms with Gasteiger partial charge in [0.05, 0.1) is 11.3 Å². The molecule has 2 rings (SSSR count). The van der Waals surface area contributed by atoms with Gasteiger partial charge in [-0.2, -0.15) is 0 Å². The average molecular weight is 201 g/mol. The smallest absolute Gasteiger partial charge is 0.312 e. The zero-order valence-electron chi connectivity index (χ0n) is 8.65. The summed E-state index contributed by atoms with van der Waals surface area (Å²) in [4.78, 5) is 15.8. The molecule has 3 heteroatoms. The van der Waals surface area contributed by atoms with Gasteiger partial charge in [-0.1, -0.05) is 35.0 Å². The van der Waals surface area contributed by atoms with Gasteiger partial charge in [0, 0.05) is 0 Å². The molecule has 1 aliphatic rings. The quantitative estimate of drug-likeness (QED) is 0.516. The zero-order valence-corrected chi connectivity index (χ0v) is 8.65. The standard InChI is InChI=1S/C12H11NO2/c1-8-3-5-10(6-4-8)7-11-9(2)13-15-12(11)14/h3-7H,1-2H3/b11-7+. The second kappa shape index (κ2) is 3.69. The molecule has 15 heavy (non-hydrogen) atoms. The van der Waals surface area contributed by atoms with Gasteiger partial charge in [-0.15, -0.1) is 0 Å². The van der Waals surface area contributed by atoms with Crippen LogP contribution in [0.1, 0.15) is 18.1 Å². The van der Waals surface area contributed by atoms with Crippen LogP contribution in [0.3, 0.4) is 0 Å². The third-order valence-corrected chi connectivity index (χ3v) is 2.26. The number of aryl methyl sites for hydroxylation is 1. The Hall–Kier alpha value is -1.90. The Morgan fingerprint density at radius 1 is 1.20 bits per heavy atom. The lowest BCUT2D eigenvalue weighted by Crippen LogP contribution is -2.01. The Morgan fingerprint density at radius 2 is 1.87 bits per heavy atom. The first-order chi connectivity index (χ1) is 7.16. The maximum atomic E-state index is 11.3. The van der Waals surface area contributed by atoms with E-state index in [4.69, 9.17) is 0 Å². The Morgan fingerprint density at radius 3 is 2.40 bits per heavy atom. The van der Waals surface area contributed by atoms with Crippen LogP contribution in [0.2, 0.25) is 0 Å². The van der Waals surface area contributed by atoms with Crippen molar-refractivity contribution in [1.29, 1.82) is 0 Å². The zero-order chi connectivity index (χ0) is 10.8. The van der Waals surface area contributed by atoms with Crippen molar-refractivity contribution in [3.05, 3.63) is 41.0 Å². The molecule has 0 spiro atoms. The molecule has 0 aromatic heterocycles. The Kier molecular flexibility index (Phi) is 2.37. The van der Waals surface area contributed by atoms with Crippen molar-refractivity contribution >= 4 is 17.8 Å². The number of hydrogen-bond acceptors (Lipinski definition) is 3. The molecule has 0 amide bonds. The number of carbonyl (C=O) groups excluding carboxylic acids is 1. The summed E-state index contributed by atoms with van der Waals surface area (Å²) in [5, 5.41) is 3.61. The number of hydrogen-bond donors (Lipinski definition) is 0. The van der Waals surface area contributed by atoms with Gasteiger partial charge in [-0.3, -0.25) is 0 Å². The average Bonchev–Trinajstić information content (AvgIpc) is 2.53. The highest BCUT2D eigenvalue weighted by atomic mass is 16.7. The predicted octanol–water partition coefficient (Wildman–Crippen LogP) is 2.31. The van der Waals surface area contributed by atoms with Crippen molar-refractivity contribution in [2.75, 3.05) is 0 Å². The maximum Gasteiger partial charge on any atom is 0.367 e. The first-order valence-corrected chi connectivity index (χ1v) is 4.71. The topological polar surface area (TPSA) is 38.7 Å². The molecule has 0 fully saturated rings. The summed E-state index contributed by atoms with van der Waals surface area (Å²) >= 11 is 0. The largest absolute Gasteiger partial charge is 0.367 e. The number of oxime groups is 1. The monoisotopic (exact) mass is 201 g/mol. The van der Waals surface area contributed by atoms with Crippen LogP contribution >= 0.6 is 0 Å². The minimum absolute atomic E-state index is 0.381. The molecule has 0 saturated heterocycles. The second-order valence-corrected chi connectivity index (χ2v) is 3.52. The summed E-state index contributed by atoms with van der Waals surface area (Å²) in [6, 6.07) is 7.92. The summed E-state index contributed by atoms with van der Waals surface area (Å²) in [7, 11) is 0. The molecule has 1 aromatic rings. The lowest BCUT2D eigenvalue weighted by Gasteiger charge is -1.96. The fourth-order valence-electron chi connectivity index (χ4n) is 1.35. The summed E-state index contributed by atoms with van der Waals surface area (Å²) in [5.41, 5.74) is 3.32. The first-order valence-electron chi connectivity index (χ1n) is 4.71. The Labute approximate surface area is 88.1 Å². The van der Waals surface area contributed by atoms with Gasteiger partial charge >= 0.3 is 5.97 Å². The molecule has 0 radical (unpaired) electrons. The van der Waals surface area contributed by atoms with Crippen LogP contribution in [-0.4, -0.2) is 11.7 Å². The van der Waals surface area contributed by atoms with Gasteiger partial charge in [0.2, 0.25) is 0 Å². The van der Waals surface area contributed by atoms with Crippen molar-refractivity contribution < 1.29 is 9.63 Å². The molecule has 1 aromatic carbocycles. The molecule has 0 aliphatic carbocycles. The van der Waals surface area contributed by atoms with Crippen molar-refractivity contribution in [3.8, 4) is 0 Å². The van der Waals surface area contributed by atoms with E-state index in [1.165, 1.54) is 5.56 Å². The van der Waals surface area contributed by atoms with E-state index in [0.717, 1.165) is 5.56 Å². The number of benzene rings is 1. The van der Waals surface area contributed by atoms with Gasteiger partial charge < -0.3 is 4.84 Å².